The van der Waals surface area contributed by atoms with Crippen LogP contribution >= 0.6 is 0 Å². The van der Waals surface area contributed by atoms with E-state index in [9.17, 15) is 13.6 Å². The molecule has 0 unspecified atom stereocenters. The van der Waals surface area contributed by atoms with Crippen LogP contribution in [0.25, 0.3) is 22.1 Å². The molecular weight excluding hydrogens is 456 g/mol. The van der Waals surface area contributed by atoms with Gasteiger partial charge in [0.05, 0.1) is 12.0 Å². The van der Waals surface area contributed by atoms with E-state index in [0.717, 1.165) is 37.9 Å². The zero-order chi connectivity index (χ0) is 24.4. The number of nitrogens with zero attached hydrogens (tertiary/aromatic N) is 1. The molecule has 1 saturated carbocycles. The van der Waals surface area contributed by atoms with Crippen molar-refractivity contribution in [3.05, 3.63) is 42.2 Å². The number of hydrogen-bond donors (Lipinski definition) is 2. The van der Waals surface area contributed by atoms with Crippen molar-refractivity contribution in [2.24, 2.45) is 0 Å². The number of rotatable bonds is 10. The van der Waals surface area contributed by atoms with Crippen molar-refractivity contribution in [2.45, 2.75) is 38.3 Å². The summed E-state index contributed by atoms with van der Waals surface area (Å²) in [6.07, 6.45) is 5.83. The van der Waals surface area contributed by atoms with Gasteiger partial charge in [0.15, 0.2) is 0 Å². The second-order valence-corrected chi connectivity index (χ2v) is 8.98. The average Bonchev–Trinajstić information content (AvgIpc) is 3.31. The van der Waals surface area contributed by atoms with Crippen LogP contribution in [0, 0.1) is 0 Å². The fraction of sp³-hybridized carbons (Fsp3) is 0.423. The van der Waals surface area contributed by atoms with Crippen molar-refractivity contribution in [1.29, 1.82) is 0 Å². The largest absolute Gasteiger partial charge is 0.492 e. The fourth-order valence-corrected chi connectivity index (χ4v) is 4.50. The Morgan fingerprint density at radius 1 is 1.20 bits per heavy atom. The van der Waals surface area contributed by atoms with Crippen LogP contribution in [0.2, 0.25) is 0 Å². The summed E-state index contributed by atoms with van der Waals surface area (Å²) < 4.78 is 42.9. The molecule has 2 fully saturated rings. The molecule has 0 radical (unpaired) electrons. The number of amides is 1. The number of alkyl halides is 2. The predicted molar refractivity (Wildman–Crippen MR) is 129 cm³/mol. The highest BCUT2D eigenvalue weighted by molar-refractivity contribution is 6.05. The van der Waals surface area contributed by atoms with Crippen molar-refractivity contribution < 1.29 is 27.5 Å². The molecule has 1 aromatic heterocycles. The summed E-state index contributed by atoms with van der Waals surface area (Å²) in [5, 5.41) is 6.60. The smallest absolute Gasteiger partial charge is 0.387 e. The summed E-state index contributed by atoms with van der Waals surface area (Å²) >= 11 is 0. The van der Waals surface area contributed by atoms with E-state index in [0.29, 0.717) is 34.8 Å². The zero-order valence-electron chi connectivity index (χ0n) is 19.6. The summed E-state index contributed by atoms with van der Waals surface area (Å²) in [5.74, 6) is 0.0883. The van der Waals surface area contributed by atoms with Crippen LogP contribution < -0.4 is 20.1 Å². The summed E-state index contributed by atoms with van der Waals surface area (Å²) in [4.78, 5) is 15.2. The maximum atomic E-state index is 13.2. The molecule has 1 amide bonds. The second-order valence-electron chi connectivity index (χ2n) is 8.98. The number of halogens is 2. The molecule has 0 spiro atoms. The summed E-state index contributed by atoms with van der Waals surface area (Å²) in [5.41, 5.74) is 2.37. The maximum absolute atomic E-state index is 13.2. The molecule has 1 saturated heterocycles. The van der Waals surface area contributed by atoms with E-state index in [2.05, 4.69) is 15.5 Å². The third-order valence-electron chi connectivity index (χ3n) is 6.46. The first-order chi connectivity index (χ1) is 17.0. The highest BCUT2D eigenvalue weighted by Crippen LogP contribution is 2.39. The number of benzene rings is 2. The minimum Gasteiger partial charge on any atom is -0.492 e. The lowest BCUT2D eigenvalue weighted by atomic mass is 10.00. The molecule has 1 aliphatic heterocycles. The Hall–Kier alpha value is -3.33. The molecular formula is C26H29F2N3O4. The molecule has 1 aliphatic carbocycles. The number of carbonyl (C=O) groups excluding carboxylic acids is 1. The molecule has 35 heavy (non-hydrogen) atoms. The molecule has 5 rings (SSSR count). The number of furan rings is 1. The highest BCUT2D eigenvalue weighted by atomic mass is 19.3. The maximum Gasteiger partial charge on any atom is 0.387 e. The van der Waals surface area contributed by atoms with Gasteiger partial charge in [0.25, 0.3) is 5.91 Å². The van der Waals surface area contributed by atoms with E-state index >= 15 is 0 Å². The molecule has 2 heterocycles. The molecule has 2 aliphatic rings. The third-order valence-corrected chi connectivity index (χ3v) is 6.46. The molecule has 2 aromatic carbocycles. The lowest BCUT2D eigenvalue weighted by Gasteiger charge is -2.17. The Balaban J connectivity index is 1.42. The van der Waals surface area contributed by atoms with Gasteiger partial charge in [-0.3, -0.25) is 9.69 Å². The monoisotopic (exact) mass is 485 g/mol. The Morgan fingerprint density at radius 3 is 2.71 bits per heavy atom. The quantitative estimate of drug-likeness (QED) is 0.416. The van der Waals surface area contributed by atoms with Gasteiger partial charge >= 0.3 is 6.61 Å². The minimum absolute atomic E-state index is 0.0601. The standard InChI is InChI=1S/C26H29F2N3O4/c1-29-21-12-16(13-23(35-26(27)28)24(21)25(32)30-17-4-5-17)20-15-34-22-14-18(6-7-19(20)22)33-11-10-31-8-2-3-9-31/h6-7,12-15,17,26,29H,2-5,8-11H2,1H3,(H,30,32). The SMILES string of the molecule is CNc1cc(-c2coc3cc(OCCN4CCCC4)ccc23)cc(OC(F)F)c1C(=O)NC1CC1. The van der Waals surface area contributed by atoms with Crippen molar-refractivity contribution >= 4 is 22.6 Å². The first kappa shape index (κ1) is 23.4. The molecule has 0 bridgehead atoms. The predicted octanol–water partition coefficient (Wildman–Crippen LogP) is 5.11. The lowest BCUT2D eigenvalue weighted by Crippen LogP contribution is -2.27. The average molecular weight is 486 g/mol. The number of likely N-dealkylation sites (tertiary alicyclic amines) is 1. The van der Waals surface area contributed by atoms with Crippen LogP contribution in [0.5, 0.6) is 11.5 Å². The summed E-state index contributed by atoms with van der Waals surface area (Å²) in [6.45, 7) is 0.669. The topological polar surface area (TPSA) is 76.0 Å². The highest BCUT2D eigenvalue weighted by Gasteiger charge is 2.28. The number of hydrogen-bond acceptors (Lipinski definition) is 6. The van der Waals surface area contributed by atoms with Gasteiger partial charge in [-0.15, -0.1) is 0 Å². The molecule has 2 N–H and O–H groups in total. The first-order valence-electron chi connectivity index (χ1n) is 12.0. The number of nitrogens with one attached hydrogen (secondary N) is 2. The van der Waals surface area contributed by atoms with Gasteiger partial charge in [0, 0.05) is 36.7 Å². The normalized spacial score (nSPS) is 16.1. The first-order valence-corrected chi connectivity index (χ1v) is 12.0. The van der Waals surface area contributed by atoms with Gasteiger partial charge in [-0.25, -0.2) is 0 Å². The molecule has 7 nitrogen and oxygen atoms in total. The molecule has 186 valence electrons. The molecule has 3 aromatic rings. The van der Waals surface area contributed by atoms with Crippen molar-refractivity contribution in [3.63, 3.8) is 0 Å². The van der Waals surface area contributed by atoms with Gasteiger partial charge in [-0.1, -0.05) is 0 Å². The van der Waals surface area contributed by atoms with Crippen molar-refractivity contribution in [2.75, 3.05) is 38.6 Å². The van der Waals surface area contributed by atoms with Gasteiger partial charge < -0.3 is 24.5 Å². The Labute approximate surface area is 202 Å². The van der Waals surface area contributed by atoms with E-state index in [1.807, 2.05) is 18.2 Å². The Bertz CT molecular complexity index is 1200. The minimum atomic E-state index is -3.07. The van der Waals surface area contributed by atoms with Crippen LogP contribution in [0.3, 0.4) is 0 Å². The van der Waals surface area contributed by atoms with E-state index in [1.54, 1.807) is 19.4 Å². The summed E-state index contributed by atoms with van der Waals surface area (Å²) in [7, 11) is 1.64. The van der Waals surface area contributed by atoms with E-state index < -0.39 is 12.5 Å². The van der Waals surface area contributed by atoms with E-state index in [-0.39, 0.29) is 17.4 Å². The molecule has 9 heteroatoms. The van der Waals surface area contributed by atoms with Crippen molar-refractivity contribution in [3.8, 4) is 22.6 Å². The Morgan fingerprint density at radius 2 is 2.00 bits per heavy atom. The zero-order valence-corrected chi connectivity index (χ0v) is 19.6. The second kappa shape index (κ2) is 10.1. The lowest BCUT2D eigenvalue weighted by molar-refractivity contribution is -0.0500. The van der Waals surface area contributed by atoms with Gasteiger partial charge in [-0.2, -0.15) is 8.78 Å². The molecule has 0 atom stereocenters. The van der Waals surface area contributed by atoms with Crippen LogP contribution in [0.1, 0.15) is 36.0 Å². The number of fused-ring (bicyclic) bond motifs is 1. The van der Waals surface area contributed by atoms with E-state index in [4.69, 9.17) is 13.9 Å². The number of carbonyl (C=O) groups is 1. The van der Waals surface area contributed by atoms with Gasteiger partial charge in [0.2, 0.25) is 0 Å². The number of anilines is 1. The van der Waals surface area contributed by atoms with Crippen LogP contribution in [-0.2, 0) is 0 Å². The van der Waals surface area contributed by atoms with Crippen LogP contribution in [-0.4, -0.2) is 56.7 Å². The summed E-state index contributed by atoms with van der Waals surface area (Å²) in [6, 6.07) is 8.87. The number of ether oxygens (including phenoxy) is 2. The Kier molecular flexibility index (Phi) is 6.77. The van der Waals surface area contributed by atoms with Crippen LogP contribution in [0.4, 0.5) is 14.5 Å². The fourth-order valence-electron chi connectivity index (χ4n) is 4.50. The van der Waals surface area contributed by atoms with Gasteiger partial charge in [-0.05, 0) is 68.6 Å². The van der Waals surface area contributed by atoms with Crippen LogP contribution in [0.15, 0.2) is 41.0 Å². The third kappa shape index (κ3) is 5.35. The van der Waals surface area contributed by atoms with Gasteiger partial charge in [0.1, 0.15) is 29.3 Å². The van der Waals surface area contributed by atoms with Crippen molar-refractivity contribution in [1.82, 2.24) is 10.2 Å². The van der Waals surface area contributed by atoms with E-state index in [1.165, 1.54) is 18.9 Å².